The van der Waals surface area contributed by atoms with Crippen molar-refractivity contribution in [3.8, 4) is 11.1 Å². The SMILES string of the molecule is O=C(O)Cn1cc(-c2c[nH]c3ncc(F)cc23)c2cncnc21. The van der Waals surface area contributed by atoms with Crippen molar-refractivity contribution in [3.05, 3.63) is 43.0 Å². The quantitative estimate of drug-likeness (QED) is 0.604. The van der Waals surface area contributed by atoms with Crippen molar-refractivity contribution < 1.29 is 14.3 Å². The van der Waals surface area contributed by atoms with Crippen molar-refractivity contribution in [2.45, 2.75) is 6.54 Å². The molecule has 0 aliphatic rings. The molecule has 4 aromatic heterocycles. The first-order valence-corrected chi connectivity index (χ1v) is 6.77. The van der Waals surface area contributed by atoms with Gasteiger partial charge in [-0.3, -0.25) is 4.79 Å². The lowest BCUT2D eigenvalue weighted by atomic mass is 10.1. The third-order valence-corrected chi connectivity index (χ3v) is 3.63. The van der Waals surface area contributed by atoms with Crippen LogP contribution in [0.1, 0.15) is 0 Å². The molecule has 0 aliphatic carbocycles. The number of carboxylic acid groups (broad SMARTS) is 1. The van der Waals surface area contributed by atoms with Crippen LogP contribution in [-0.4, -0.2) is 35.6 Å². The Labute approximate surface area is 128 Å². The molecule has 0 saturated heterocycles. The maximum Gasteiger partial charge on any atom is 0.323 e. The lowest BCUT2D eigenvalue weighted by molar-refractivity contribution is -0.137. The molecule has 0 aromatic carbocycles. The van der Waals surface area contributed by atoms with Crippen LogP contribution in [0.5, 0.6) is 0 Å². The summed E-state index contributed by atoms with van der Waals surface area (Å²) in [6.07, 6.45) is 7.51. The summed E-state index contributed by atoms with van der Waals surface area (Å²) in [5.74, 6) is -1.41. The van der Waals surface area contributed by atoms with E-state index < -0.39 is 11.8 Å². The Morgan fingerprint density at radius 2 is 2.13 bits per heavy atom. The highest BCUT2D eigenvalue weighted by molar-refractivity contribution is 6.03. The van der Waals surface area contributed by atoms with Crippen molar-refractivity contribution in [1.29, 1.82) is 0 Å². The summed E-state index contributed by atoms with van der Waals surface area (Å²) in [5, 5.41) is 10.4. The molecular weight excluding hydrogens is 301 g/mol. The summed E-state index contributed by atoms with van der Waals surface area (Å²) in [7, 11) is 0. The van der Waals surface area contributed by atoms with E-state index in [1.165, 1.54) is 17.0 Å². The molecule has 0 bridgehead atoms. The van der Waals surface area contributed by atoms with Gasteiger partial charge < -0.3 is 14.7 Å². The lowest BCUT2D eigenvalue weighted by Gasteiger charge is -1.98. The first kappa shape index (κ1) is 13.4. The Morgan fingerprint density at radius 3 is 2.96 bits per heavy atom. The summed E-state index contributed by atoms with van der Waals surface area (Å²) in [5.41, 5.74) is 2.50. The van der Waals surface area contributed by atoms with Gasteiger partial charge in [0.2, 0.25) is 0 Å². The summed E-state index contributed by atoms with van der Waals surface area (Å²) in [6, 6.07) is 1.39. The number of hydrogen-bond acceptors (Lipinski definition) is 4. The van der Waals surface area contributed by atoms with Crippen LogP contribution in [0.2, 0.25) is 0 Å². The molecule has 0 aliphatic heterocycles. The minimum absolute atomic E-state index is 0.220. The minimum atomic E-state index is -0.973. The molecular formula is C15H10FN5O2. The largest absolute Gasteiger partial charge is 0.480 e. The van der Waals surface area contributed by atoms with Crippen molar-refractivity contribution in [2.75, 3.05) is 0 Å². The lowest BCUT2D eigenvalue weighted by Crippen LogP contribution is -2.07. The Morgan fingerprint density at radius 1 is 1.26 bits per heavy atom. The van der Waals surface area contributed by atoms with Crippen LogP contribution < -0.4 is 0 Å². The molecule has 114 valence electrons. The zero-order chi connectivity index (χ0) is 16.0. The standard InChI is InChI=1S/C15H10FN5O2/c16-8-1-9-10(4-19-14(9)18-2-8)12-5-21(6-13(22)23)15-11(12)3-17-7-20-15/h1-5,7H,6H2,(H,18,19)(H,22,23). The number of aromatic amines is 1. The topological polar surface area (TPSA) is 96.7 Å². The van der Waals surface area contributed by atoms with E-state index in [4.69, 9.17) is 5.11 Å². The Bertz CT molecular complexity index is 1050. The van der Waals surface area contributed by atoms with E-state index in [-0.39, 0.29) is 6.54 Å². The van der Waals surface area contributed by atoms with Crippen LogP contribution in [0.25, 0.3) is 33.2 Å². The maximum atomic E-state index is 13.5. The van der Waals surface area contributed by atoms with Crippen LogP contribution in [0, 0.1) is 5.82 Å². The minimum Gasteiger partial charge on any atom is -0.480 e. The third kappa shape index (κ3) is 2.11. The number of hydrogen-bond donors (Lipinski definition) is 2. The first-order chi connectivity index (χ1) is 11.1. The number of rotatable bonds is 3. The van der Waals surface area contributed by atoms with Crippen LogP contribution in [0.4, 0.5) is 4.39 Å². The summed E-state index contributed by atoms with van der Waals surface area (Å²) in [4.78, 5) is 26.2. The average Bonchev–Trinajstić information content (AvgIpc) is 3.08. The molecule has 8 heteroatoms. The molecule has 2 N–H and O–H groups in total. The van der Waals surface area contributed by atoms with Gasteiger partial charge >= 0.3 is 5.97 Å². The van der Waals surface area contributed by atoms with Gasteiger partial charge in [-0.1, -0.05) is 0 Å². The van der Waals surface area contributed by atoms with Gasteiger partial charge in [0, 0.05) is 40.5 Å². The predicted octanol–water partition coefficient (Wildman–Crippen LogP) is 2.20. The number of pyridine rings is 1. The zero-order valence-electron chi connectivity index (χ0n) is 11.7. The second-order valence-electron chi connectivity index (χ2n) is 5.08. The molecule has 23 heavy (non-hydrogen) atoms. The number of H-pyrrole nitrogens is 1. The van der Waals surface area contributed by atoms with E-state index >= 15 is 0 Å². The fourth-order valence-electron chi connectivity index (χ4n) is 2.71. The number of fused-ring (bicyclic) bond motifs is 2. The van der Waals surface area contributed by atoms with Gasteiger partial charge in [-0.15, -0.1) is 0 Å². The van der Waals surface area contributed by atoms with Gasteiger partial charge in [-0.05, 0) is 6.07 Å². The van der Waals surface area contributed by atoms with Crippen LogP contribution in [0.3, 0.4) is 0 Å². The van der Waals surface area contributed by atoms with Crippen molar-refractivity contribution in [2.24, 2.45) is 0 Å². The molecule has 0 spiro atoms. The van der Waals surface area contributed by atoms with Crippen molar-refractivity contribution in [3.63, 3.8) is 0 Å². The monoisotopic (exact) mass is 311 g/mol. The van der Waals surface area contributed by atoms with E-state index in [9.17, 15) is 9.18 Å². The van der Waals surface area contributed by atoms with E-state index in [0.717, 1.165) is 17.3 Å². The summed E-state index contributed by atoms with van der Waals surface area (Å²) < 4.78 is 15.0. The fraction of sp³-hybridized carbons (Fsp3) is 0.0667. The third-order valence-electron chi connectivity index (χ3n) is 3.63. The number of aromatic nitrogens is 5. The van der Waals surface area contributed by atoms with Gasteiger partial charge in [0.25, 0.3) is 0 Å². The predicted molar refractivity (Wildman–Crippen MR) is 80.2 cm³/mol. The molecule has 4 heterocycles. The molecule has 0 saturated carbocycles. The normalized spacial score (nSPS) is 11.3. The molecule has 0 fully saturated rings. The summed E-state index contributed by atoms with van der Waals surface area (Å²) >= 11 is 0. The maximum absolute atomic E-state index is 13.5. The van der Waals surface area contributed by atoms with Crippen molar-refractivity contribution in [1.82, 2.24) is 24.5 Å². The molecule has 4 aromatic rings. The number of carboxylic acids is 1. The molecule has 0 atom stereocenters. The van der Waals surface area contributed by atoms with E-state index in [2.05, 4.69) is 19.9 Å². The van der Waals surface area contributed by atoms with Crippen LogP contribution >= 0.6 is 0 Å². The fourth-order valence-corrected chi connectivity index (χ4v) is 2.71. The smallest absolute Gasteiger partial charge is 0.323 e. The van der Waals surface area contributed by atoms with Gasteiger partial charge in [-0.25, -0.2) is 19.3 Å². The molecule has 0 radical (unpaired) electrons. The highest BCUT2D eigenvalue weighted by Gasteiger charge is 2.16. The molecule has 0 amide bonds. The second-order valence-corrected chi connectivity index (χ2v) is 5.08. The van der Waals surface area contributed by atoms with E-state index in [1.807, 2.05) is 0 Å². The second kappa shape index (κ2) is 4.87. The number of carbonyl (C=O) groups is 1. The van der Waals surface area contributed by atoms with Gasteiger partial charge in [0.15, 0.2) is 0 Å². The van der Waals surface area contributed by atoms with Crippen LogP contribution in [0.15, 0.2) is 37.2 Å². The van der Waals surface area contributed by atoms with E-state index in [0.29, 0.717) is 22.1 Å². The number of nitrogens with one attached hydrogen (secondary N) is 1. The number of halogens is 1. The molecule has 0 unspecified atom stereocenters. The Hall–Kier alpha value is -3.29. The van der Waals surface area contributed by atoms with Crippen molar-refractivity contribution >= 4 is 28.0 Å². The molecule has 7 nitrogen and oxygen atoms in total. The summed E-state index contributed by atoms with van der Waals surface area (Å²) in [6.45, 7) is -0.220. The van der Waals surface area contributed by atoms with Crippen LogP contribution in [-0.2, 0) is 11.3 Å². The van der Waals surface area contributed by atoms with E-state index in [1.54, 1.807) is 18.6 Å². The van der Waals surface area contributed by atoms with Gasteiger partial charge in [0.05, 0.1) is 6.20 Å². The average molecular weight is 311 g/mol. The number of aliphatic carboxylic acids is 1. The zero-order valence-corrected chi connectivity index (χ0v) is 11.7. The van der Waals surface area contributed by atoms with Gasteiger partial charge in [-0.2, -0.15) is 0 Å². The molecule has 4 rings (SSSR count). The van der Waals surface area contributed by atoms with Gasteiger partial charge in [0.1, 0.15) is 30.0 Å². The Kier molecular flexibility index (Phi) is 2.83. The first-order valence-electron chi connectivity index (χ1n) is 6.77. The Balaban J connectivity index is 2.01. The highest BCUT2D eigenvalue weighted by Crippen LogP contribution is 2.34. The number of nitrogens with zero attached hydrogens (tertiary/aromatic N) is 4. The highest BCUT2D eigenvalue weighted by atomic mass is 19.1.